The van der Waals surface area contributed by atoms with Crippen LogP contribution in [-0.4, -0.2) is 26.8 Å². The highest BCUT2D eigenvalue weighted by atomic mass is 19.1. The van der Waals surface area contributed by atoms with Gasteiger partial charge in [0.25, 0.3) is 0 Å². The lowest BCUT2D eigenvalue weighted by atomic mass is 10.1. The topological polar surface area (TPSA) is 38.5 Å². The van der Waals surface area contributed by atoms with Crippen molar-refractivity contribution in [1.29, 1.82) is 0 Å². The summed E-state index contributed by atoms with van der Waals surface area (Å²) < 4.78 is 18.3. The molecule has 0 amide bonds. The molecule has 0 radical (unpaired) electrons. The molecule has 0 aliphatic rings. The molecule has 0 aromatic heterocycles. The van der Waals surface area contributed by atoms with Gasteiger partial charge in [0.1, 0.15) is 5.82 Å². The van der Waals surface area contributed by atoms with Gasteiger partial charge < -0.3 is 15.4 Å². The molecular formula is C14H23FN2O. The number of anilines is 1. The van der Waals surface area contributed by atoms with Gasteiger partial charge in [-0.25, -0.2) is 4.39 Å². The first-order chi connectivity index (χ1) is 8.58. The third-order valence-electron chi connectivity index (χ3n) is 2.75. The van der Waals surface area contributed by atoms with Gasteiger partial charge in [0.15, 0.2) is 0 Å². The maximum Gasteiger partial charge on any atom is 0.123 e. The lowest BCUT2D eigenvalue weighted by molar-refractivity contribution is 0.204. The number of benzene rings is 1. The molecule has 0 atom stereocenters. The average molecular weight is 254 g/mol. The molecule has 1 aromatic rings. The quantitative estimate of drug-likeness (QED) is 0.812. The van der Waals surface area contributed by atoms with Crippen LogP contribution < -0.4 is 10.6 Å². The number of methoxy groups -OCH3 is 1. The number of ether oxygens (including phenoxy) is 1. The maximum atomic E-state index is 13.2. The summed E-state index contributed by atoms with van der Waals surface area (Å²) in [6, 6.07) is 4.79. The van der Waals surface area contributed by atoms with Crippen LogP contribution in [-0.2, 0) is 11.3 Å². The minimum atomic E-state index is -0.240. The number of rotatable bonds is 7. The Balaban J connectivity index is 2.95. The molecule has 0 aliphatic heterocycles. The molecule has 0 saturated carbocycles. The Bertz CT molecular complexity index is 369. The number of nitrogens with zero attached hydrogens (tertiary/aromatic N) is 1. The van der Waals surface area contributed by atoms with E-state index in [2.05, 4.69) is 18.7 Å². The molecule has 2 N–H and O–H groups in total. The lowest BCUT2D eigenvalue weighted by Crippen LogP contribution is -2.32. The SMILES string of the molecule is COCCN(CC(C)C)c1ccc(F)cc1CN. The van der Waals surface area contributed by atoms with Crippen LogP contribution in [0, 0.1) is 11.7 Å². The Kier molecular flexibility index (Phi) is 6.09. The molecule has 0 saturated heterocycles. The first-order valence-electron chi connectivity index (χ1n) is 6.30. The number of nitrogens with two attached hydrogens (primary N) is 1. The number of halogens is 1. The zero-order chi connectivity index (χ0) is 13.5. The minimum Gasteiger partial charge on any atom is -0.383 e. The van der Waals surface area contributed by atoms with Gasteiger partial charge >= 0.3 is 0 Å². The fraction of sp³-hybridized carbons (Fsp3) is 0.571. The van der Waals surface area contributed by atoms with Gasteiger partial charge in [-0.2, -0.15) is 0 Å². The second-order valence-electron chi connectivity index (χ2n) is 4.81. The van der Waals surface area contributed by atoms with Crippen molar-refractivity contribution in [2.45, 2.75) is 20.4 Å². The van der Waals surface area contributed by atoms with Crippen molar-refractivity contribution in [3.05, 3.63) is 29.6 Å². The Labute approximate surface area is 109 Å². The van der Waals surface area contributed by atoms with Gasteiger partial charge in [-0.3, -0.25) is 0 Å². The van der Waals surface area contributed by atoms with Crippen molar-refractivity contribution >= 4 is 5.69 Å². The first-order valence-corrected chi connectivity index (χ1v) is 6.30. The fourth-order valence-corrected chi connectivity index (χ4v) is 1.98. The van der Waals surface area contributed by atoms with Crippen LogP contribution in [0.15, 0.2) is 18.2 Å². The first kappa shape index (κ1) is 14.9. The van der Waals surface area contributed by atoms with Crippen molar-refractivity contribution in [1.82, 2.24) is 0 Å². The molecule has 0 aliphatic carbocycles. The zero-order valence-electron chi connectivity index (χ0n) is 11.4. The Morgan fingerprint density at radius 3 is 2.67 bits per heavy atom. The van der Waals surface area contributed by atoms with Crippen LogP contribution in [0.4, 0.5) is 10.1 Å². The van der Waals surface area contributed by atoms with Crippen LogP contribution in [0.5, 0.6) is 0 Å². The second kappa shape index (κ2) is 7.34. The summed E-state index contributed by atoms with van der Waals surface area (Å²) >= 11 is 0. The van der Waals surface area contributed by atoms with E-state index in [0.717, 1.165) is 24.3 Å². The van der Waals surface area contributed by atoms with Crippen LogP contribution in [0.2, 0.25) is 0 Å². The summed E-state index contributed by atoms with van der Waals surface area (Å²) in [6.07, 6.45) is 0. The Hall–Kier alpha value is -1.13. The maximum absolute atomic E-state index is 13.2. The third-order valence-corrected chi connectivity index (χ3v) is 2.75. The standard InChI is InChI=1S/C14H23FN2O/c1-11(2)10-17(6-7-18-3)14-5-4-13(15)8-12(14)9-16/h4-5,8,11H,6-7,9-10,16H2,1-3H3. The van der Waals surface area contributed by atoms with E-state index >= 15 is 0 Å². The molecule has 0 heterocycles. The van der Waals surface area contributed by atoms with Crippen LogP contribution in [0.25, 0.3) is 0 Å². The molecule has 0 spiro atoms. The van der Waals surface area contributed by atoms with Crippen LogP contribution >= 0.6 is 0 Å². The predicted molar refractivity (Wildman–Crippen MR) is 73.2 cm³/mol. The van der Waals surface area contributed by atoms with E-state index in [1.165, 1.54) is 12.1 Å². The van der Waals surface area contributed by atoms with E-state index in [9.17, 15) is 4.39 Å². The Morgan fingerprint density at radius 1 is 1.39 bits per heavy atom. The molecule has 4 heteroatoms. The largest absolute Gasteiger partial charge is 0.383 e. The van der Waals surface area contributed by atoms with Crippen molar-refractivity contribution in [2.75, 3.05) is 31.7 Å². The van der Waals surface area contributed by atoms with Gasteiger partial charge in [0.2, 0.25) is 0 Å². The van der Waals surface area contributed by atoms with E-state index in [1.54, 1.807) is 13.2 Å². The van der Waals surface area contributed by atoms with Gasteiger partial charge in [-0.1, -0.05) is 13.8 Å². The van der Waals surface area contributed by atoms with Crippen LogP contribution in [0.1, 0.15) is 19.4 Å². The normalized spacial score (nSPS) is 11.0. The molecule has 102 valence electrons. The molecule has 0 fully saturated rings. The molecule has 1 aromatic carbocycles. The molecule has 0 bridgehead atoms. The van der Waals surface area contributed by atoms with Gasteiger partial charge in [0.05, 0.1) is 6.61 Å². The molecule has 0 unspecified atom stereocenters. The summed E-state index contributed by atoms with van der Waals surface area (Å²) in [5.41, 5.74) is 7.54. The molecule has 3 nitrogen and oxygen atoms in total. The van der Waals surface area contributed by atoms with E-state index < -0.39 is 0 Å². The van der Waals surface area contributed by atoms with Gasteiger partial charge in [0, 0.05) is 32.4 Å². The number of hydrogen-bond donors (Lipinski definition) is 1. The highest BCUT2D eigenvalue weighted by Gasteiger charge is 2.12. The summed E-state index contributed by atoms with van der Waals surface area (Å²) in [6.45, 7) is 7.00. The molecular weight excluding hydrogens is 231 g/mol. The zero-order valence-corrected chi connectivity index (χ0v) is 11.4. The van der Waals surface area contributed by atoms with E-state index in [4.69, 9.17) is 10.5 Å². The minimum absolute atomic E-state index is 0.240. The fourth-order valence-electron chi connectivity index (χ4n) is 1.98. The predicted octanol–water partition coefficient (Wildman–Crippen LogP) is 2.39. The third kappa shape index (κ3) is 4.27. The van der Waals surface area contributed by atoms with Crippen molar-refractivity contribution in [3.63, 3.8) is 0 Å². The average Bonchev–Trinajstić information content (AvgIpc) is 2.34. The highest BCUT2D eigenvalue weighted by molar-refractivity contribution is 5.54. The second-order valence-corrected chi connectivity index (χ2v) is 4.81. The van der Waals surface area contributed by atoms with Crippen molar-refractivity contribution in [2.24, 2.45) is 11.7 Å². The number of hydrogen-bond acceptors (Lipinski definition) is 3. The van der Waals surface area contributed by atoms with E-state index in [1.807, 2.05) is 0 Å². The Morgan fingerprint density at radius 2 is 2.11 bits per heavy atom. The molecule has 18 heavy (non-hydrogen) atoms. The van der Waals surface area contributed by atoms with E-state index in [0.29, 0.717) is 19.1 Å². The van der Waals surface area contributed by atoms with Gasteiger partial charge in [-0.15, -0.1) is 0 Å². The lowest BCUT2D eigenvalue weighted by Gasteiger charge is -2.28. The summed E-state index contributed by atoms with van der Waals surface area (Å²) in [7, 11) is 1.68. The summed E-state index contributed by atoms with van der Waals surface area (Å²) in [4.78, 5) is 2.20. The van der Waals surface area contributed by atoms with Gasteiger partial charge in [-0.05, 0) is 29.7 Å². The van der Waals surface area contributed by atoms with Crippen LogP contribution in [0.3, 0.4) is 0 Å². The van der Waals surface area contributed by atoms with Crippen molar-refractivity contribution in [3.8, 4) is 0 Å². The summed E-state index contributed by atoms with van der Waals surface area (Å²) in [5.74, 6) is 0.285. The molecule has 1 rings (SSSR count). The summed E-state index contributed by atoms with van der Waals surface area (Å²) in [5, 5.41) is 0. The van der Waals surface area contributed by atoms with E-state index in [-0.39, 0.29) is 5.82 Å². The monoisotopic (exact) mass is 254 g/mol. The smallest absolute Gasteiger partial charge is 0.123 e. The highest BCUT2D eigenvalue weighted by Crippen LogP contribution is 2.22. The van der Waals surface area contributed by atoms with Crippen molar-refractivity contribution < 1.29 is 9.13 Å².